The lowest BCUT2D eigenvalue weighted by Crippen LogP contribution is -2.35. The molecule has 2 aromatic rings. The minimum absolute atomic E-state index is 0. The molecule has 1 aromatic carbocycles. The molecule has 29 heavy (non-hydrogen) atoms. The van der Waals surface area contributed by atoms with E-state index in [-0.39, 0.29) is 12.1 Å². The summed E-state index contributed by atoms with van der Waals surface area (Å²) in [6, 6.07) is 12.1. The Morgan fingerprint density at radius 2 is 1.72 bits per heavy atom. The maximum atomic E-state index is 9.89. The van der Waals surface area contributed by atoms with Gasteiger partial charge in [-0.05, 0) is 24.3 Å². The van der Waals surface area contributed by atoms with E-state index in [9.17, 15) is 14.7 Å². The van der Waals surface area contributed by atoms with Crippen LogP contribution in [0.4, 0.5) is 0 Å². The number of para-hydroxylation sites is 1. The molecule has 7 N–H and O–H groups in total. The third-order valence-electron chi connectivity index (χ3n) is 3.34. The van der Waals surface area contributed by atoms with Crippen molar-refractivity contribution in [2.24, 2.45) is 0 Å². The van der Waals surface area contributed by atoms with E-state index in [1.54, 1.807) is 0 Å². The summed E-state index contributed by atoms with van der Waals surface area (Å²) in [5.41, 5.74) is 2.01. The van der Waals surface area contributed by atoms with Gasteiger partial charge in [0.25, 0.3) is 0 Å². The van der Waals surface area contributed by atoms with E-state index in [1.807, 2.05) is 56.4 Å². The van der Waals surface area contributed by atoms with Crippen LogP contribution in [0.5, 0.6) is 5.75 Å². The van der Waals surface area contributed by atoms with Crippen molar-refractivity contribution in [3.05, 3.63) is 54.7 Å². The Morgan fingerprint density at radius 1 is 1.10 bits per heavy atom. The van der Waals surface area contributed by atoms with E-state index in [2.05, 4.69) is 10.3 Å². The number of benzene rings is 1. The summed E-state index contributed by atoms with van der Waals surface area (Å²) in [4.78, 5) is 22.3. The molecule has 0 saturated carbocycles. The lowest BCUT2D eigenvalue weighted by atomic mass is 10.1. The Morgan fingerprint density at radius 3 is 2.24 bits per heavy atom. The van der Waals surface area contributed by atoms with Gasteiger partial charge in [0, 0.05) is 42.2 Å². The van der Waals surface area contributed by atoms with Crippen LogP contribution in [0.3, 0.4) is 0 Å². The fourth-order valence-corrected chi connectivity index (χ4v) is 2.07. The second kappa shape index (κ2) is 13.9. The van der Waals surface area contributed by atoms with Crippen molar-refractivity contribution in [3.63, 3.8) is 0 Å². The fraction of sp³-hybridized carbons (Fsp3) is 0.300. The summed E-state index contributed by atoms with van der Waals surface area (Å²) in [6.07, 6.45) is 2.48. The molecule has 160 valence electrons. The molecular weight excluding hydrogens is 380 g/mol. The molecule has 0 radical (unpaired) electrons. The predicted octanol–water partition coefficient (Wildman–Crippen LogP) is 1.31. The Hall–Kier alpha value is -3.14. The zero-order valence-corrected chi connectivity index (χ0v) is 16.3. The van der Waals surface area contributed by atoms with Crippen molar-refractivity contribution in [2.45, 2.75) is 26.0 Å². The first-order valence-electron chi connectivity index (χ1n) is 8.70. The van der Waals surface area contributed by atoms with Gasteiger partial charge >= 0.3 is 11.9 Å². The average Bonchev–Trinajstić information content (AvgIpc) is 3.18. The molecule has 0 amide bonds. The summed E-state index contributed by atoms with van der Waals surface area (Å²) in [7, 11) is 0. The van der Waals surface area contributed by atoms with Crippen LogP contribution in [-0.4, -0.2) is 63.0 Å². The number of carboxylic acid groups (broad SMARTS) is 2. The highest BCUT2D eigenvalue weighted by Gasteiger charge is 2.10. The van der Waals surface area contributed by atoms with Gasteiger partial charge in [0.15, 0.2) is 0 Å². The largest absolute Gasteiger partial charge is 0.490 e. The molecule has 0 aliphatic rings. The van der Waals surface area contributed by atoms with Crippen LogP contribution in [0.2, 0.25) is 0 Å². The van der Waals surface area contributed by atoms with Gasteiger partial charge in [-0.1, -0.05) is 26.0 Å². The third kappa shape index (κ3) is 11.3. The zero-order valence-electron chi connectivity index (χ0n) is 16.3. The quantitative estimate of drug-likeness (QED) is 0.390. The first-order chi connectivity index (χ1) is 13.3. The molecule has 1 aromatic heterocycles. The Bertz CT molecular complexity index is 742. The fourth-order valence-electron chi connectivity index (χ4n) is 2.07. The summed E-state index contributed by atoms with van der Waals surface area (Å²) < 4.78 is 5.75. The van der Waals surface area contributed by atoms with Crippen molar-refractivity contribution < 1.29 is 35.1 Å². The normalized spacial score (nSPS) is 11.3. The number of rotatable bonds is 9. The number of aromatic nitrogens is 1. The van der Waals surface area contributed by atoms with Crippen LogP contribution in [0.1, 0.15) is 13.8 Å². The van der Waals surface area contributed by atoms with Gasteiger partial charge in [0.05, 0.1) is 0 Å². The van der Waals surface area contributed by atoms with Gasteiger partial charge in [-0.15, -0.1) is 0 Å². The second-order valence-electron chi connectivity index (χ2n) is 6.12. The van der Waals surface area contributed by atoms with Gasteiger partial charge in [0.1, 0.15) is 18.5 Å². The number of aromatic amines is 1. The molecule has 9 nitrogen and oxygen atoms in total. The van der Waals surface area contributed by atoms with E-state index in [0.29, 0.717) is 24.7 Å². The number of nitrogens with one attached hydrogen (secondary N) is 2. The number of H-pyrrole nitrogens is 1. The summed E-state index contributed by atoms with van der Waals surface area (Å²) in [5.74, 6) is -1.74. The van der Waals surface area contributed by atoms with Crippen molar-refractivity contribution >= 4 is 11.9 Å². The monoisotopic (exact) mass is 408 g/mol. The SMILES string of the molecule is CC(C)NCC(O)COc1ccccc1-c1ccc[nH]1.O.O=C(O)/C=C/C(=O)O. The number of hydrogen-bond donors (Lipinski definition) is 5. The summed E-state index contributed by atoms with van der Waals surface area (Å²) in [5, 5.41) is 28.7. The van der Waals surface area contributed by atoms with Crippen molar-refractivity contribution in [2.75, 3.05) is 13.2 Å². The van der Waals surface area contributed by atoms with E-state index in [0.717, 1.165) is 17.0 Å². The molecule has 2 rings (SSSR count). The van der Waals surface area contributed by atoms with Crippen LogP contribution in [-0.2, 0) is 9.59 Å². The minimum atomic E-state index is -1.26. The molecule has 0 aliphatic carbocycles. The molecular formula is C20H28N2O7. The average molecular weight is 408 g/mol. The number of aliphatic hydroxyl groups excluding tert-OH is 1. The smallest absolute Gasteiger partial charge is 0.328 e. The molecule has 1 atom stereocenters. The first kappa shape index (κ1) is 25.9. The van der Waals surface area contributed by atoms with Crippen LogP contribution in [0.15, 0.2) is 54.7 Å². The Labute approximate surface area is 169 Å². The topological polar surface area (TPSA) is 163 Å². The van der Waals surface area contributed by atoms with E-state index in [4.69, 9.17) is 14.9 Å². The molecule has 1 heterocycles. The third-order valence-corrected chi connectivity index (χ3v) is 3.34. The van der Waals surface area contributed by atoms with Gasteiger partial charge < -0.3 is 35.8 Å². The summed E-state index contributed by atoms with van der Waals surface area (Å²) >= 11 is 0. The molecule has 0 saturated heterocycles. The molecule has 0 spiro atoms. The Balaban J connectivity index is 0.000000747. The lowest BCUT2D eigenvalue weighted by Gasteiger charge is -2.16. The molecule has 9 heteroatoms. The lowest BCUT2D eigenvalue weighted by molar-refractivity contribution is -0.134. The van der Waals surface area contributed by atoms with Gasteiger partial charge in [-0.25, -0.2) is 9.59 Å². The van der Waals surface area contributed by atoms with Gasteiger partial charge in [0.2, 0.25) is 0 Å². The molecule has 0 fully saturated rings. The predicted molar refractivity (Wildman–Crippen MR) is 109 cm³/mol. The van der Waals surface area contributed by atoms with Gasteiger partial charge in [-0.3, -0.25) is 0 Å². The molecule has 0 aliphatic heterocycles. The maximum Gasteiger partial charge on any atom is 0.328 e. The zero-order chi connectivity index (χ0) is 20.9. The van der Waals surface area contributed by atoms with Gasteiger partial charge in [-0.2, -0.15) is 0 Å². The highest BCUT2D eigenvalue weighted by atomic mass is 16.5. The second-order valence-corrected chi connectivity index (χ2v) is 6.12. The molecule has 0 bridgehead atoms. The van der Waals surface area contributed by atoms with Crippen LogP contribution >= 0.6 is 0 Å². The number of aliphatic carboxylic acids is 2. The van der Waals surface area contributed by atoms with E-state index < -0.39 is 18.0 Å². The van der Waals surface area contributed by atoms with Crippen molar-refractivity contribution in [1.29, 1.82) is 0 Å². The minimum Gasteiger partial charge on any atom is -0.490 e. The number of ether oxygens (including phenoxy) is 1. The van der Waals surface area contributed by atoms with Crippen molar-refractivity contribution in [1.82, 2.24) is 10.3 Å². The molecule has 1 unspecified atom stereocenters. The standard InChI is InChI=1S/C16H22N2O2.C4H4O4.H2O/c1-12(2)18-10-13(19)11-20-16-8-4-3-6-14(16)15-7-5-9-17-15;5-3(6)1-2-4(7)8;/h3-9,12-13,17-19H,10-11H2,1-2H3;1-2H,(H,5,6)(H,7,8);1H2/b;2-1+;. The summed E-state index contributed by atoms with van der Waals surface area (Å²) in [6.45, 7) is 4.90. The number of carbonyl (C=O) groups is 2. The van der Waals surface area contributed by atoms with Crippen LogP contribution < -0.4 is 10.1 Å². The maximum absolute atomic E-state index is 9.89. The first-order valence-corrected chi connectivity index (χ1v) is 8.70. The number of carboxylic acids is 2. The van der Waals surface area contributed by atoms with Crippen LogP contribution in [0, 0.1) is 0 Å². The van der Waals surface area contributed by atoms with E-state index in [1.165, 1.54) is 0 Å². The van der Waals surface area contributed by atoms with E-state index >= 15 is 0 Å². The highest BCUT2D eigenvalue weighted by Crippen LogP contribution is 2.28. The number of hydrogen-bond acceptors (Lipinski definition) is 5. The van der Waals surface area contributed by atoms with Crippen molar-refractivity contribution in [3.8, 4) is 17.0 Å². The number of aliphatic hydroxyl groups is 1. The Kier molecular flexibility index (Phi) is 12.4. The van der Waals surface area contributed by atoms with Crippen LogP contribution in [0.25, 0.3) is 11.3 Å². The highest BCUT2D eigenvalue weighted by molar-refractivity contribution is 5.89.